The van der Waals surface area contributed by atoms with Crippen LogP contribution in [0.2, 0.25) is 0 Å². The summed E-state index contributed by atoms with van der Waals surface area (Å²) in [7, 11) is 0. The number of amides is 1. The van der Waals surface area contributed by atoms with Crippen molar-refractivity contribution in [2.75, 3.05) is 5.32 Å². The summed E-state index contributed by atoms with van der Waals surface area (Å²) in [5.74, 6) is 1.02. The number of carbonyl (C=O) groups excluding carboxylic acids is 1. The standard InChI is InChI=1S/C17H24N2OS/c1-2-11-7-9-17(10-8-11)18-15(20)14-12-5-3-4-6-13(12)21-16(14)19-17/h11,19H,2-10H2,1H3,(H,18,20). The molecule has 1 fully saturated rings. The highest BCUT2D eigenvalue weighted by molar-refractivity contribution is 7.16. The van der Waals surface area contributed by atoms with Crippen LogP contribution in [-0.4, -0.2) is 11.6 Å². The van der Waals surface area contributed by atoms with Crippen molar-refractivity contribution in [2.45, 2.75) is 70.4 Å². The van der Waals surface area contributed by atoms with Crippen LogP contribution in [0, 0.1) is 5.92 Å². The molecule has 0 atom stereocenters. The Morgan fingerprint density at radius 1 is 1.19 bits per heavy atom. The molecule has 0 aromatic carbocycles. The minimum absolute atomic E-state index is 0.163. The molecule has 4 rings (SSSR count). The van der Waals surface area contributed by atoms with Crippen molar-refractivity contribution in [1.82, 2.24) is 5.32 Å². The molecule has 1 aromatic rings. The normalized spacial score (nSPS) is 31.3. The molecule has 3 nitrogen and oxygen atoms in total. The first-order valence-corrected chi connectivity index (χ1v) is 9.27. The van der Waals surface area contributed by atoms with Gasteiger partial charge in [-0.2, -0.15) is 0 Å². The number of thiophene rings is 1. The lowest BCUT2D eigenvalue weighted by molar-refractivity contribution is 0.0859. The molecule has 1 amide bonds. The molecule has 3 aliphatic rings. The van der Waals surface area contributed by atoms with E-state index < -0.39 is 0 Å². The van der Waals surface area contributed by atoms with E-state index in [1.165, 1.54) is 42.5 Å². The van der Waals surface area contributed by atoms with Gasteiger partial charge in [-0.05, 0) is 62.8 Å². The molecular weight excluding hydrogens is 280 g/mol. The first-order valence-electron chi connectivity index (χ1n) is 8.46. The van der Waals surface area contributed by atoms with Gasteiger partial charge in [-0.1, -0.05) is 13.3 Å². The van der Waals surface area contributed by atoms with E-state index in [4.69, 9.17) is 0 Å². The van der Waals surface area contributed by atoms with Crippen LogP contribution in [0.15, 0.2) is 0 Å². The lowest BCUT2D eigenvalue weighted by atomic mass is 9.79. The van der Waals surface area contributed by atoms with Gasteiger partial charge in [-0.3, -0.25) is 4.79 Å². The number of carbonyl (C=O) groups is 1. The molecule has 2 aliphatic carbocycles. The van der Waals surface area contributed by atoms with Gasteiger partial charge in [0.15, 0.2) is 0 Å². The van der Waals surface area contributed by atoms with Crippen molar-refractivity contribution >= 4 is 22.2 Å². The number of hydrogen-bond acceptors (Lipinski definition) is 3. The lowest BCUT2D eigenvalue weighted by Crippen LogP contribution is -2.58. The molecule has 1 aromatic heterocycles. The zero-order valence-corrected chi connectivity index (χ0v) is 13.6. The number of rotatable bonds is 1. The van der Waals surface area contributed by atoms with Crippen molar-refractivity contribution < 1.29 is 4.79 Å². The van der Waals surface area contributed by atoms with Crippen molar-refractivity contribution in [3.05, 3.63) is 16.0 Å². The van der Waals surface area contributed by atoms with E-state index >= 15 is 0 Å². The largest absolute Gasteiger partial charge is 0.354 e. The Labute approximate surface area is 130 Å². The SMILES string of the molecule is CCC1CCC2(CC1)NC(=O)c1c(sc3c1CCCC3)N2. The third-order valence-corrected chi connectivity index (χ3v) is 6.85. The number of anilines is 1. The third-order valence-electron chi connectivity index (χ3n) is 5.64. The van der Waals surface area contributed by atoms with Gasteiger partial charge in [0.25, 0.3) is 5.91 Å². The van der Waals surface area contributed by atoms with Crippen LogP contribution in [0.3, 0.4) is 0 Å². The molecule has 0 unspecified atom stereocenters. The van der Waals surface area contributed by atoms with Crippen molar-refractivity contribution in [2.24, 2.45) is 5.92 Å². The highest BCUT2D eigenvalue weighted by Gasteiger charge is 2.42. The van der Waals surface area contributed by atoms with Crippen molar-refractivity contribution in [3.8, 4) is 0 Å². The van der Waals surface area contributed by atoms with E-state index in [2.05, 4.69) is 17.6 Å². The van der Waals surface area contributed by atoms with Crippen LogP contribution in [0.25, 0.3) is 0 Å². The summed E-state index contributed by atoms with van der Waals surface area (Å²) in [5.41, 5.74) is 2.14. The molecule has 0 saturated heterocycles. The van der Waals surface area contributed by atoms with Crippen LogP contribution in [0.1, 0.15) is 72.7 Å². The highest BCUT2D eigenvalue weighted by atomic mass is 32.1. The van der Waals surface area contributed by atoms with Crippen LogP contribution in [0.4, 0.5) is 5.00 Å². The predicted octanol–water partition coefficient (Wildman–Crippen LogP) is 4.08. The van der Waals surface area contributed by atoms with E-state index in [1.807, 2.05) is 11.3 Å². The van der Waals surface area contributed by atoms with E-state index in [-0.39, 0.29) is 11.6 Å². The quantitative estimate of drug-likeness (QED) is 0.821. The van der Waals surface area contributed by atoms with Gasteiger partial charge in [0, 0.05) is 4.88 Å². The lowest BCUT2D eigenvalue weighted by Gasteiger charge is -2.44. The zero-order chi connectivity index (χ0) is 14.4. The summed E-state index contributed by atoms with van der Waals surface area (Å²) in [6, 6.07) is 0. The maximum Gasteiger partial charge on any atom is 0.256 e. The Hall–Kier alpha value is -1.03. The molecule has 114 valence electrons. The van der Waals surface area contributed by atoms with Crippen molar-refractivity contribution in [3.63, 3.8) is 0 Å². The summed E-state index contributed by atoms with van der Waals surface area (Å²) in [4.78, 5) is 14.2. The van der Waals surface area contributed by atoms with Crippen LogP contribution < -0.4 is 10.6 Å². The minimum atomic E-state index is -0.163. The van der Waals surface area contributed by atoms with Crippen LogP contribution in [0.5, 0.6) is 0 Å². The van der Waals surface area contributed by atoms with Gasteiger partial charge in [0.1, 0.15) is 10.7 Å². The molecule has 21 heavy (non-hydrogen) atoms. The topological polar surface area (TPSA) is 41.1 Å². The van der Waals surface area contributed by atoms with Gasteiger partial charge in [0.2, 0.25) is 0 Å². The van der Waals surface area contributed by atoms with Crippen LogP contribution in [-0.2, 0) is 12.8 Å². The minimum Gasteiger partial charge on any atom is -0.354 e. The number of fused-ring (bicyclic) bond motifs is 3. The maximum atomic E-state index is 12.7. The number of nitrogens with one attached hydrogen (secondary N) is 2. The number of aryl methyl sites for hydroxylation is 1. The summed E-state index contributed by atoms with van der Waals surface area (Å²) >= 11 is 1.84. The molecule has 0 bridgehead atoms. The monoisotopic (exact) mass is 304 g/mol. The van der Waals surface area contributed by atoms with E-state index in [9.17, 15) is 4.79 Å². The molecule has 1 aliphatic heterocycles. The molecule has 2 N–H and O–H groups in total. The smallest absolute Gasteiger partial charge is 0.256 e. The summed E-state index contributed by atoms with van der Waals surface area (Å²) < 4.78 is 0. The van der Waals surface area contributed by atoms with E-state index in [0.29, 0.717) is 0 Å². The van der Waals surface area contributed by atoms with Crippen LogP contribution >= 0.6 is 11.3 Å². The number of hydrogen-bond donors (Lipinski definition) is 2. The average Bonchev–Trinajstić information content (AvgIpc) is 2.86. The fraction of sp³-hybridized carbons (Fsp3) is 0.706. The molecular formula is C17H24N2OS. The molecule has 1 saturated carbocycles. The maximum absolute atomic E-state index is 12.7. The highest BCUT2D eigenvalue weighted by Crippen LogP contribution is 2.44. The molecule has 0 radical (unpaired) electrons. The summed E-state index contributed by atoms with van der Waals surface area (Å²) in [6.45, 7) is 2.28. The van der Waals surface area contributed by atoms with Gasteiger partial charge in [-0.25, -0.2) is 0 Å². The van der Waals surface area contributed by atoms with Crippen molar-refractivity contribution in [1.29, 1.82) is 0 Å². The molecule has 1 spiro atoms. The zero-order valence-electron chi connectivity index (χ0n) is 12.8. The predicted molar refractivity (Wildman–Crippen MR) is 87.0 cm³/mol. The fourth-order valence-electron chi connectivity index (χ4n) is 4.25. The molecule has 4 heteroatoms. The average molecular weight is 304 g/mol. The Bertz CT molecular complexity index is 570. The second-order valence-corrected chi connectivity index (χ2v) is 8.03. The first-order chi connectivity index (χ1) is 10.2. The fourth-order valence-corrected chi connectivity index (χ4v) is 5.64. The van der Waals surface area contributed by atoms with Gasteiger partial charge in [-0.15, -0.1) is 11.3 Å². The third kappa shape index (κ3) is 2.19. The first kappa shape index (κ1) is 13.6. The van der Waals surface area contributed by atoms with Gasteiger partial charge < -0.3 is 10.6 Å². The van der Waals surface area contributed by atoms with Gasteiger partial charge in [0.05, 0.1) is 5.56 Å². The summed E-state index contributed by atoms with van der Waals surface area (Å²) in [6.07, 6.45) is 10.6. The van der Waals surface area contributed by atoms with Gasteiger partial charge >= 0.3 is 0 Å². The Kier molecular flexibility index (Phi) is 3.25. The Morgan fingerprint density at radius 3 is 2.71 bits per heavy atom. The second-order valence-electron chi connectivity index (χ2n) is 6.93. The Balaban J connectivity index is 1.64. The summed E-state index contributed by atoms with van der Waals surface area (Å²) in [5, 5.41) is 8.21. The van der Waals surface area contributed by atoms with E-state index in [0.717, 1.165) is 42.2 Å². The second kappa shape index (κ2) is 5.01. The van der Waals surface area contributed by atoms with E-state index in [1.54, 1.807) is 0 Å². The Morgan fingerprint density at radius 2 is 1.95 bits per heavy atom. The molecule has 2 heterocycles.